The van der Waals surface area contributed by atoms with Gasteiger partial charge in [0.05, 0.1) is 13.2 Å². The van der Waals surface area contributed by atoms with E-state index in [4.69, 9.17) is 9.47 Å². The zero-order chi connectivity index (χ0) is 19.4. The van der Waals surface area contributed by atoms with Crippen LogP contribution >= 0.6 is 0 Å². The summed E-state index contributed by atoms with van der Waals surface area (Å²) < 4.78 is 12.0. The molecule has 0 N–H and O–H groups in total. The summed E-state index contributed by atoms with van der Waals surface area (Å²) in [5, 5.41) is 0. The molecule has 3 heteroatoms. The van der Waals surface area contributed by atoms with Crippen LogP contribution in [0.15, 0.2) is 24.8 Å². The van der Waals surface area contributed by atoms with Crippen molar-refractivity contribution in [2.45, 2.75) is 71.5 Å². The lowest BCUT2D eigenvalue weighted by Gasteiger charge is -2.58. The summed E-state index contributed by atoms with van der Waals surface area (Å²) in [7, 11) is 0. The lowest BCUT2D eigenvalue weighted by atomic mass is 9.47. The fourth-order valence-corrected chi connectivity index (χ4v) is 7.63. The van der Waals surface area contributed by atoms with Crippen molar-refractivity contribution in [3.63, 3.8) is 0 Å². The number of hydrogen-bond donors (Lipinski definition) is 0. The van der Waals surface area contributed by atoms with Crippen molar-refractivity contribution in [1.29, 1.82) is 0 Å². The average molecular weight is 373 g/mol. The minimum Gasteiger partial charge on any atom is -0.347 e. The van der Waals surface area contributed by atoms with E-state index in [0.717, 1.165) is 51.2 Å². The van der Waals surface area contributed by atoms with Crippen molar-refractivity contribution < 1.29 is 14.3 Å². The molecule has 1 heterocycles. The molecule has 27 heavy (non-hydrogen) atoms. The molecule has 3 saturated carbocycles. The molecule has 3 unspecified atom stereocenters. The molecule has 5 aliphatic rings. The van der Waals surface area contributed by atoms with Gasteiger partial charge in [-0.2, -0.15) is 0 Å². The number of ether oxygens (including phenoxy) is 2. The van der Waals surface area contributed by atoms with E-state index in [1.54, 1.807) is 5.57 Å². The molecule has 0 aromatic rings. The van der Waals surface area contributed by atoms with Gasteiger partial charge in [-0.15, -0.1) is 13.2 Å². The van der Waals surface area contributed by atoms with E-state index in [-0.39, 0.29) is 16.6 Å². The molecule has 1 aliphatic heterocycles. The zero-order valence-electron chi connectivity index (χ0n) is 17.4. The minimum atomic E-state index is -0.321. The van der Waals surface area contributed by atoms with Crippen molar-refractivity contribution in [3.05, 3.63) is 24.8 Å². The maximum atomic E-state index is 12.7. The first-order valence-electron chi connectivity index (χ1n) is 10.9. The van der Waals surface area contributed by atoms with Gasteiger partial charge in [0.2, 0.25) is 0 Å². The lowest BCUT2D eigenvalue weighted by molar-refractivity contribution is -0.185. The van der Waals surface area contributed by atoms with Gasteiger partial charge in [-0.25, -0.2) is 0 Å². The van der Waals surface area contributed by atoms with Crippen LogP contribution in [0.4, 0.5) is 0 Å². The molecule has 4 fully saturated rings. The second kappa shape index (κ2) is 6.56. The number of rotatable bonds is 0. The largest absolute Gasteiger partial charge is 0.347 e. The number of hydrogen-bond acceptors (Lipinski definition) is 3. The van der Waals surface area contributed by atoms with Crippen molar-refractivity contribution in [1.82, 2.24) is 0 Å². The van der Waals surface area contributed by atoms with Gasteiger partial charge < -0.3 is 9.47 Å². The Kier molecular flexibility index (Phi) is 4.71. The zero-order valence-corrected chi connectivity index (χ0v) is 17.4. The Bertz CT molecular complexity index is 646. The quantitative estimate of drug-likeness (QED) is 0.541. The fourth-order valence-electron chi connectivity index (χ4n) is 7.63. The van der Waals surface area contributed by atoms with E-state index in [1.165, 1.54) is 12.8 Å². The molecule has 0 aromatic carbocycles. The highest BCUT2D eigenvalue weighted by molar-refractivity contribution is 5.87. The van der Waals surface area contributed by atoms with E-state index in [0.29, 0.717) is 23.5 Å². The van der Waals surface area contributed by atoms with Crippen LogP contribution in [-0.2, 0) is 14.3 Å². The predicted molar refractivity (Wildman–Crippen MR) is 107 cm³/mol. The van der Waals surface area contributed by atoms with Gasteiger partial charge in [0.25, 0.3) is 0 Å². The van der Waals surface area contributed by atoms with Gasteiger partial charge in [-0.1, -0.05) is 32.4 Å². The summed E-state index contributed by atoms with van der Waals surface area (Å²) in [6.07, 6.45) is 9.97. The maximum Gasteiger partial charge on any atom is 0.172 e. The molecule has 3 nitrogen and oxygen atoms in total. The maximum absolute atomic E-state index is 12.7. The van der Waals surface area contributed by atoms with E-state index in [1.807, 2.05) is 0 Å². The summed E-state index contributed by atoms with van der Waals surface area (Å²) in [5.41, 5.74) is 1.83. The second-order valence-electron chi connectivity index (χ2n) is 10.0. The van der Waals surface area contributed by atoms with Crippen molar-refractivity contribution in [2.75, 3.05) is 13.2 Å². The average Bonchev–Trinajstić information content (AvgIpc) is 3.20. The normalized spacial score (nSPS) is 47.4. The van der Waals surface area contributed by atoms with Gasteiger partial charge in [0.15, 0.2) is 5.79 Å². The predicted octanol–water partition coefficient (Wildman–Crippen LogP) is 5.31. The molecule has 0 aromatic heterocycles. The highest BCUT2D eigenvalue weighted by Gasteiger charge is 2.61. The van der Waals surface area contributed by atoms with E-state index >= 15 is 0 Å². The number of fused-ring (bicyclic) bond motifs is 5. The Morgan fingerprint density at radius 2 is 1.78 bits per heavy atom. The molecule has 0 bridgehead atoms. The van der Waals surface area contributed by atoms with Gasteiger partial charge >= 0.3 is 0 Å². The van der Waals surface area contributed by atoms with Crippen LogP contribution in [0.3, 0.4) is 0 Å². The Balaban J connectivity index is 0.000000872. The first-order valence-corrected chi connectivity index (χ1v) is 10.9. The number of carbonyl (C=O) groups excluding carboxylic acids is 1. The smallest absolute Gasteiger partial charge is 0.172 e. The molecule has 1 saturated heterocycles. The first-order chi connectivity index (χ1) is 12.9. The molecule has 6 atom stereocenters. The SMILES string of the molecule is C=C.C[C@H]1CC(=O)[C@@]2(C)CCC3C(CC=C4CC5(CC[C@@]43C)OCCO5)C12. The van der Waals surface area contributed by atoms with Crippen LogP contribution in [-0.4, -0.2) is 24.8 Å². The Hall–Kier alpha value is -0.930. The molecule has 5 rings (SSSR count). The summed E-state index contributed by atoms with van der Waals surface area (Å²) in [6, 6.07) is 0. The Morgan fingerprint density at radius 3 is 2.48 bits per heavy atom. The van der Waals surface area contributed by atoms with Gasteiger partial charge in [-0.3, -0.25) is 4.79 Å². The third kappa shape index (κ3) is 2.64. The third-order valence-electron chi connectivity index (χ3n) is 8.93. The number of Topliss-reactive ketones (excluding diaryl/α,β-unsaturated/α-hetero) is 1. The highest BCUT2D eigenvalue weighted by Crippen LogP contribution is 2.66. The minimum absolute atomic E-state index is 0.0458. The Morgan fingerprint density at radius 1 is 1.07 bits per heavy atom. The van der Waals surface area contributed by atoms with E-state index in [2.05, 4.69) is 40.0 Å². The lowest BCUT2D eigenvalue weighted by Crippen LogP contribution is -2.53. The second-order valence-corrected chi connectivity index (χ2v) is 10.0. The van der Waals surface area contributed by atoms with E-state index in [9.17, 15) is 4.79 Å². The van der Waals surface area contributed by atoms with Crippen LogP contribution in [0.5, 0.6) is 0 Å². The van der Waals surface area contributed by atoms with Gasteiger partial charge in [0.1, 0.15) is 5.78 Å². The van der Waals surface area contributed by atoms with Crippen molar-refractivity contribution in [2.24, 2.45) is 34.5 Å². The number of ketones is 1. The number of carbonyl (C=O) groups is 1. The first kappa shape index (κ1) is 19.4. The van der Waals surface area contributed by atoms with Crippen LogP contribution in [0.2, 0.25) is 0 Å². The van der Waals surface area contributed by atoms with Crippen LogP contribution < -0.4 is 0 Å². The highest BCUT2D eigenvalue weighted by atomic mass is 16.7. The standard InChI is InChI=1S/C22H32O3.C2H4/c1-14-12-18(23)21(3)7-6-17-16(19(14)21)5-4-15-13-22(24-10-11-25-22)9-8-20(15,17)2;1-2/h4,14,16-17,19H,5-13H2,1-3H3;1-2H2/t14-,16?,17?,19?,20-,21+;/m0./s1. The third-order valence-corrected chi connectivity index (χ3v) is 8.93. The van der Waals surface area contributed by atoms with Crippen LogP contribution in [0, 0.1) is 34.5 Å². The molecule has 1 spiro atoms. The number of allylic oxidation sites excluding steroid dienone is 1. The molecule has 4 aliphatic carbocycles. The molecule has 150 valence electrons. The molecule has 0 amide bonds. The van der Waals surface area contributed by atoms with Gasteiger partial charge in [-0.05, 0) is 54.8 Å². The summed E-state index contributed by atoms with van der Waals surface area (Å²) >= 11 is 0. The Labute approximate surface area is 164 Å². The topological polar surface area (TPSA) is 35.5 Å². The van der Waals surface area contributed by atoms with Crippen molar-refractivity contribution in [3.8, 4) is 0 Å². The monoisotopic (exact) mass is 372 g/mol. The summed E-state index contributed by atoms with van der Waals surface area (Å²) in [6.45, 7) is 14.6. The van der Waals surface area contributed by atoms with E-state index < -0.39 is 0 Å². The summed E-state index contributed by atoms with van der Waals surface area (Å²) in [4.78, 5) is 12.7. The molecule has 0 radical (unpaired) electrons. The fraction of sp³-hybridized carbons (Fsp3) is 0.792. The van der Waals surface area contributed by atoms with Crippen LogP contribution in [0.25, 0.3) is 0 Å². The molecular weight excluding hydrogens is 336 g/mol. The van der Waals surface area contributed by atoms with Gasteiger partial charge in [0, 0.05) is 24.7 Å². The van der Waals surface area contributed by atoms with Crippen molar-refractivity contribution >= 4 is 5.78 Å². The van der Waals surface area contributed by atoms with Crippen LogP contribution in [0.1, 0.15) is 65.7 Å². The summed E-state index contributed by atoms with van der Waals surface area (Å²) in [5.74, 6) is 2.78. The molecular formula is C24H36O3.